The van der Waals surface area contributed by atoms with E-state index < -0.39 is 0 Å². The molecule has 4 heterocycles. The highest BCUT2D eigenvalue weighted by Gasteiger charge is 2.33. The molecule has 3 aromatic heterocycles. The van der Waals surface area contributed by atoms with Crippen molar-refractivity contribution in [2.75, 3.05) is 19.0 Å². The van der Waals surface area contributed by atoms with Gasteiger partial charge in [0.1, 0.15) is 12.1 Å². The van der Waals surface area contributed by atoms with Gasteiger partial charge in [-0.1, -0.05) is 19.9 Å². The third kappa shape index (κ3) is 3.77. The van der Waals surface area contributed by atoms with Gasteiger partial charge in [0.2, 0.25) is 5.91 Å². The Morgan fingerprint density at radius 1 is 1.18 bits per heavy atom. The van der Waals surface area contributed by atoms with Crippen molar-refractivity contribution < 1.29 is 14.3 Å². The largest absolute Gasteiger partial charge is 0.493 e. The zero-order valence-corrected chi connectivity index (χ0v) is 18.9. The number of ether oxygens (including phenoxy) is 2. The first-order chi connectivity index (χ1) is 15.9. The SMILES string of the molecule is COc1ccc([C@H]2CC(=O)Nc3c2c(C)nn3-c2ccc3nncn3n2)cc1OCC(C)C. The number of benzene rings is 1. The number of hydrogen-bond donors (Lipinski definition) is 1. The highest BCUT2D eigenvalue weighted by atomic mass is 16.5. The van der Waals surface area contributed by atoms with Gasteiger partial charge in [-0.15, -0.1) is 15.3 Å². The highest BCUT2D eigenvalue weighted by Crippen LogP contribution is 2.42. The summed E-state index contributed by atoms with van der Waals surface area (Å²) in [6, 6.07) is 9.44. The average molecular weight is 447 g/mol. The van der Waals surface area contributed by atoms with Crippen molar-refractivity contribution in [2.24, 2.45) is 5.92 Å². The Labute approximate surface area is 190 Å². The molecule has 0 fully saturated rings. The van der Waals surface area contributed by atoms with Gasteiger partial charge in [0, 0.05) is 17.9 Å². The van der Waals surface area contributed by atoms with Crippen molar-refractivity contribution in [1.29, 1.82) is 0 Å². The smallest absolute Gasteiger partial charge is 0.226 e. The van der Waals surface area contributed by atoms with Crippen molar-refractivity contribution in [3.63, 3.8) is 0 Å². The number of rotatable bonds is 6. The van der Waals surface area contributed by atoms with Crippen LogP contribution in [-0.4, -0.2) is 49.2 Å². The first kappa shape index (κ1) is 20.9. The fourth-order valence-corrected chi connectivity index (χ4v) is 4.11. The summed E-state index contributed by atoms with van der Waals surface area (Å²) in [4.78, 5) is 12.7. The molecule has 10 heteroatoms. The molecular weight excluding hydrogens is 422 g/mol. The molecule has 1 aliphatic heterocycles. The molecule has 1 N–H and O–H groups in total. The van der Waals surface area contributed by atoms with Crippen LogP contribution in [0, 0.1) is 12.8 Å². The van der Waals surface area contributed by atoms with Crippen molar-refractivity contribution in [3.8, 4) is 17.3 Å². The van der Waals surface area contributed by atoms with Crippen LogP contribution in [0.2, 0.25) is 0 Å². The number of fused-ring (bicyclic) bond motifs is 2. The topological polar surface area (TPSA) is 108 Å². The monoisotopic (exact) mass is 447 g/mol. The van der Waals surface area contributed by atoms with Gasteiger partial charge >= 0.3 is 0 Å². The van der Waals surface area contributed by atoms with E-state index in [0.29, 0.717) is 47.7 Å². The third-order valence-electron chi connectivity index (χ3n) is 5.63. The lowest BCUT2D eigenvalue weighted by Crippen LogP contribution is -2.25. The first-order valence-electron chi connectivity index (χ1n) is 10.8. The summed E-state index contributed by atoms with van der Waals surface area (Å²) < 4.78 is 14.7. The van der Waals surface area contributed by atoms with Gasteiger partial charge in [-0.25, -0.2) is 0 Å². The minimum absolute atomic E-state index is 0.0838. The fourth-order valence-electron chi connectivity index (χ4n) is 4.11. The van der Waals surface area contributed by atoms with Crippen LogP contribution in [0.15, 0.2) is 36.7 Å². The molecule has 5 rings (SSSR count). The molecule has 4 aromatic rings. The second-order valence-electron chi connectivity index (χ2n) is 8.50. The van der Waals surface area contributed by atoms with Crippen molar-refractivity contribution >= 4 is 17.4 Å². The molecule has 0 radical (unpaired) electrons. The van der Waals surface area contributed by atoms with Crippen LogP contribution in [0.4, 0.5) is 5.82 Å². The van der Waals surface area contributed by atoms with E-state index in [0.717, 1.165) is 16.8 Å². The summed E-state index contributed by atoms with van der Waals surface area (Å²) in [5, 5.41) is 20.1. The van der Waals surface area contributed by atoms with Crippen molar-refractivity contribution in [1.82, 2.24) is 29.6 Å². The normalized spacial score (nSPS) is 15.5. The molecule has 1 atom stereocenters. The summed E-state index contributed by atoms with van der Waals surface area (Å²) >= 11 is 0. The van der Waals surface area contributed by atoms with Crippen LogP contribution in [0.5, 0.6) is 11.5 Å². The average Bonchev–Trinajstić information content (AvgIpc) is 3.40. The van der Waals surface area contributed by atoms with Gasteiger partial charge in [-0.2, -0.15) is 14.3 Å². The lowest BCUT2D eigenvalue weighted by molar-refractivity contribution is -0.116. The van der Waals surface area contributed by atoms with E-state index in [9.17, 15) is 4.79 Å². The lowest BCUT2D eigenvalue weighted by atomic mass is 9.85. The number of hydrogen-bond acceptors (Lipinski definition) is 7. The van der Waals surface area contributed by atoms with E-state index in [4.69, 9.17) is 14.6 Å². The van der Waals surface area contributed by atoms with E-state index in [-0.39, 0.29) is 11.8 Å². The number of aryl methyl sites for hydroxylation is 1. The second kappa shape index (κ2) is 8.19. The molecule has 1 aliphatic rings. The number of carbonyl (C=O) groups excluding carboxylic acids is 1. The fraction of sp³-hybridized carbons (Fsp3) is 0.348. The summed E-state index contributed by atoms with van der Waals surface area (Å²) in [5.74, 6) is 2.63. The number of nitrogens with one attached hydrogen (secondary N) is 1. The minimum Gasteiger partial charge on any atom is -0.493 e. The van der Waals surface area contributed by atoms with Gasteiger partial charge < -0.3 is 14.8 Å². The Morgan fingerprint density at radius 3 is 2.82 bits per heavy atom. The lowest BCUT2D eigenvalue weighted by Gasteiger charge is -2.25. The Bertz CT molecular complexity index is 1340. The molecule has 170 valence electrons. The molecule has 1 aromatic carbocycles. The van der Waals surface area contributed by atoms with Gasteiger partial charge in [0.05, 0.1) is 19.4 Å². The van der Waals surface area contributed by atoms with Crippen LogP contribution < -0.4 is 14.8 Å². The minimum atomic E-state index is -0.173. The molecule has 1 amide bonds. The zero-order valence-electron chi connectivity index (χ0n) is 18.9. The predicted molar refractivity (Wildman–Crippen MR) is 121 cm³/mol. The Hall–Kier alpha value is -3.95. The van der Waals surface area contributed by atoms with E-state index in [1.165, 1.54) is 6.33 Å². The maximum absolute atomic E-state index is 12.7. The van der Waals surface area contributed by atoms with Crippen molar-refractivity contribution in [3.05, 3.63) is 53.5 Å². The third-order valence-corrected chi connectivity index (χ3v) is 5.63. The number of aromatic nitrogens is 6. The predicted octanol–water partition coefficient (Wildman–Crippen LogP) is 3.14. The van der Waals surface area contributed by atoms with Crippen molar-refractivity contribution in [2.45, 2.75) is 33.1 Å². The Balaban J connectivity index is 1.58. The van der Waals surface area contributed by atoms with Crippen LogP contribution in [0.25, 0.3) is 11.5 Å². The number of carbonyl (C=O) groups is 1. The molecular formula is C23H25N7O3. The summed E-state index contributed by atoms with van der Waals surface area (Å²) in [6.45, 7) is 6.70. The second-order valence-corrected chi connectivity index (χ2v) is 8.50. The molecule has 0 spiro atoms. The maximum atomic E-state index is 12.7. The number of amides is 1. The number of nitrogens with zero attached hydrogens (tertiary/aromatic N) is 6. The van der Waals surface area contributed by atoms with Crippen LogP contribution in [0.1, 0.15) is 43.0 Å². The van der Waals surface area contributed by atoms with E-state index >= 15 is 0 Å². The van der Waals surface area contributed by atoms with Gasteiger partial charge in [-0.3, -0.25) is 4.79 Å². The quantitative estimate of drug-likeness (QED) is 0.484. The van der Waals surface area contributed by atoms with E-state index in [2.05, 4.69) is 34.5 Å². The maximum Gasteiger partial charge on any atom is 0.226 e. The molecule has 10 nitrogen and oxygen atoms in total. The van der Waals surface area contributed by atoms with Crippen LogP contribution in [0.3, 0.4) is 0 Å². The Morgan fingerprint density at radius 2 is 2.03 bits per heavy atom. The summed E-state index contributed by atoms with van der Waals surface area (Å²) in [6.07, 6.45) is 1.84. The van der Waals surface area contributed by atoms with E-state index in [1.807, 2.05) is 31.2 Å². The number of methoxy groups -OCH3 is 1. The first-order valence-corrected chi connectivity index (χ1v) is 10.8. The van der Waals surface area contributed by atoms with Crippen LogP contribution in [-0.2, 0) is 4.79 Å². The van der Waals surface area contributed by atoms with Crippen LogP contribution >= 0.6 is 0 Å². The zero-order chi connectivity index (χ0) is 23.1. The van der Waals surface area contributed by atoms with Gasteiger partial charge in [-0.05, 0) is 42.7 Å². The highest BCUT2D eigenvalue weighted by molar-refractivity contribution is 5.95. The molecule has 0 aliphatic carbocycles. The van der Waals surface area contributed by atoms with E-state index in [1.54, 1.807) is 22.4 Å². The summed E-state index contributed by atoms with van der Waals surface area (Å²) in [5.41, 5.74) is 3.38. The summed E-state index contributed by atoms with van der Waals surface area (Å²) in [7, 11) is 1.62. The molecule has 0 unspecified atom stereocenters. The molecule has 0 saturated heterocycles. The van der Waals surface area contributed by atoms with Gasteiger partial charge in [0.15, 0.2) is 23.0 Å². The van der Waals surface area contributed by atoms with Gasteiger partial charge in [0.25, 0.3) is 0 Å². The molecule has 0 bridgehead atoms. The molecule has 33 heavy (non-hydrogen) atoms. The number of anilines is 1. The Kier molecular flexibility index (Phi) is 5.20. The standard InChI is InChI=1S/C23H25N7O3/c1-13(2)11-33-18-9-15(5-6-17(18)32-4)16-10-21(31)25-23-22(16)14(3)27-30(23)20-8-7-19-26-24-12-29(19)28-20/h5-9,12-13,16H,10-11H2,1-4H3,(H,25,31)/t16-/m1/s1. The molecule has 0 saturated carbocycles.